The largest absolute Gasteiger partial charge is 0.482 e. The molecule has 0 heterocycles. The molecule has 0 aromatic heterocycles. The number of carboxylic acid groups (broad SMARTS) is 1. The number of carbonyl (C=O) groups is 1. The second-order valence-corrected chi connectivity index (χ2v) is 8.88. The summed E-state index contributed by atoms with van der Waals surface area (Å²) in [6, 6.07) is 9.66. The van der Waals surface area contributed by atoms with Gasteiger partial charge in [0.1, 0.15) is 5.75 Å². The van der Waals surface area contributed by atoms with Crippen molar-refractivity contribution in [2.75, 3.05) is 6.61 Å². The van der Waals surface area contributed by atoms with Gasteiger partial charge in [-0.1, -0.05) is 32.4 Å². The number of aliphatic carboxylic acids is 1. The summed E-state index contributed by atoms with van der Waals surface area (Å²) in [4.78, 5) is 11.4. The van der Waals surface area contributed by atoms with Crippen LogP contribution in [0.1, 0.15) is 67.3 Å². The molecule has 1 aliphatic rings. The van der Waals surface area contributed by atoms with E-state index < -0.39 is 24.3 Å². The van der Waals surface area contributed by atoms with Crippen molar-refractivity contribution >= 4 is 17.9 Å². The van der Waals surface area contributed by atoms with Crippen LogP contribution in [0.3, 0.4) is 0 Å². The van der Waals surface area contributed by atoms with Gasteiger partial charge in [0.25, 0.3) is 0 Å². The Labute approximate surface area is 184 Å². The lowest BCUT2D eigenvalue weighted by Gasteiger charge is -2.21. The van der Waals surface area contributed by atoms with E-state index in [4.69, 9.17) is 9.84 Å². The van der Waals surface area contributed by atoms with Gasteiger partial charge in [-0.2, -0.15) is 13.2 Å². The van der Waals surface area contributed by atoms with Crippen molar-refractivity contribution in [1.82, 2.24) is 4.72 Å². The van der Waals surface area contributed by atoms with Crippen LogP contribution in [0, 0.1) is 0 Å². The van der Waals surface area contributed by atoms with E-state index in [-0.39, 0.29) is 12.0 Å². The van der Waals surface area contributed by atoms with Gasteiger partial charge < -0.3 is 9.84 Å². The number of carboxylic acids is 1. The lowest BCUT2D eigenvalue weighted by Crippen LogP contribution is -2.16. The number of halogens is 3. The Morgan fingerprint density at radius 1 is 1.26 bits per heavy atom. The van der Waals surface area contributed by atoms with Gasteiger partial charge in [-0.05, 0) is 78.1 Å². The highest BCUT2D eigenvalue weighted by Crippen LogP contribution is 2.38. The molecule has 0 radical (unpaired) electrons. The fourth-order valence-electron chi connectivity index (χ4n) is 3.70. The van der Waals surface area contributed by atoms with Gasteiger partial charge in [-0.25, -0.2) is 4.79 Å². The van der Waals surface area contributed by atoms with Crippen molar-refractivity contribution in [3.05, 3.63) is 58.7 Å². The van der Waals surface area contributed by atoms with Crippen molar-refractivity contribution in [2.45, 2.75) is 62.6 Å². The molecule has 0 saturated heterocycles. The van der Waals surface area contributed by atoms with Crippen molar-refractivity contribution in [3.63, 3.8) is 0 Å². The van der Waals surface area contributed by atoms with Crippen molar-refractivity contribution in [1.29, 1.82) is 0 Å². The van der Waals surface area contributed by atoms with Crippen LogP contribution in [0.2, 0.25) is 0 Å². The van der Waals surface area contributed by atoms with Gasteiger partial charge in [0, 0.05) is 10.9 Å². The Morgan fingerprint density at radius 2 is 2.03 bits per heavy atom. The maximum absolute atomic E-state index is 13.3. The normalized spacial score (nSPS) is 16.6. The van der Waals surface area contributed by atoms with Crippen molar-refractivity contribution in [3.8, 4) is 5.75 Å². The molecule has 8 heteroatoms. The van der Waals surface area contributed by atoms with Gasteiger partial charge in [0.05, 0.1) is 5.56 Å². The summed E-state index contributed by atoms with van der Waals surface area (Å²) in [6.07, 6.45) is -0.908. The first kappa shape index (κ1) is 23.5. The van der Waals surface area contributed by atoms with Gasteiger partial charge in [0.2, 0.25) is 0 Å². The summed E-state index contributed by atoms with van der Waals surface area (Å²) in [5.41, 5.74) is 1.97. The first-order valence-electron chi connectivity index (χ1n) is 10.3. The maximum atomic E-state index is 13.3. The minimum Gasteiger partial charge on any atom is -0.482 e. The number of nitrogens with one attached hydrogen (secondary N) is 1. The molecule has 0 saturated carbocycles. The number of rotatable bonds is 7. The molecule has 0 amide bonds. The van der Waals surface area contributed by atoms with E-state index in [1.165, 1.54) is 24.1 Å². The molecule has 4 nitrogen and oxygen atoms in total. The van der Waals surface area contributed by atoms with E-state index in [9.17, 15) is 18.0 Å². The van der Waals surface area contributed by atoms with E-state index in [1.54, 1.807) is 12.1 Å². The summed E-state index contributed by atoms with van der Waals surface area (Å²) in [7, 11) is 0. The number of hydrogen-bond donors (Lipinski definition) is 2. The Bertz CT molecular complexity index is 931. The van der Waals surface area contributed by atoms with E-state index in [2.05, 4.69) is 4.72 Å². The minimum atomic E-state index is -4.40. The molecule has 0 aliphatic heterocycles. The van der Waals surface area contributed by atoms with E-state index >= 15 is 0 Å². The zero-order valence-corrected chi connectivity index (χ0v) is 18.3. The molecule has 2 aromatic carbocycles. The van der Waals surface area contributed by atoms with Crippen molar-refractivity contribution in [2.24, 2.45) is 0 Å². The quantitative estimate of drug-likeness (QED) is 0.378. The van der Waals surface area contributed by atoms with Crippen LogP contribution in [0.25, 0.3) is 0 Å². The number of benzene rings is 2. The maximum Gasteiger partial charge on any atom is 0.416 e. The molecule has 2 N–H and O–H groups in total. The fourth-order valence-corrected chi connectivity index (χ4v) is 4.60. The lowest BCUT2D eigenvalue weighted by molar-refractivity contribution is -0.139. The van der Waals surface area contributed by atoms with E-state index in [1.807, 2.05) is 26.0 Å². The van der Waals surface area contributed by atoms with Gasteiger partial charge >= 0.3 is 12.1 Å². The molecule has 1 aliphatic carbocycles. The van der Waals surface area contributed by atoms with Crippen LogP contribution in [-0.2, 0) is 17.4 Å². The lowest BCUT2D eigenvalue weighted by atomic mass is 9.99. The number of ether oxygens (including phenoxy) is 1. The summed E-state index contributed by atoms with van der Waals surface area (Å²) < 4.78 is 48.9. The first-order chi connectivity index (χ1) is 14.6. The molecule has 31 heavy (non-hydrogen) atoms. The molecule has 0 spiro atoms. The highest BCUT2D eigenvalue weighted by atomic mass is 32.2. The topological polar surface area (TPSA) is 58.6 Å². The zero-order valence-electron chi connectivity index (χ0n) is 17.5. The summed E-state index contributed by atoms with van der Waals surface area (Å²) in [5.74, 6) is -0.504. The monoisotopic (exact) mass is 453 g/mol. The first-order valence-corrected chi connectivity index (χ1v) is 11.1. The molecule has 168 valence electrons. The number of hydrogen-bond acceptors (Lipinski definition) is 4. The second kappa shape index (κ2) is 9.96. The third kappa shape index (κ3) is 6.17. The molecule has 1 unspecified atom stereocenters. The highest BCUT2D eigenvalue weighted by molar-refractivity contribution is 7.97. The zero-order chi connectivity index (χ0) is 22.6. The predicted molar refractivity (Wildman–Crippen MR) is 114 cm³/mol. The van der Waals surface area contributed by atoms with Gasteiger partial charge in [-0.3, -0.25) is 4.72 Å². The Balaban J connectivity index is 1.84. The number of alkyl halides is 3. The minimum absolute atomic E-state index is 0.0193. The molecule has 3 rings (SSSR count). The van der Waals surface area contributed by atoms with Crippen molar-refractivity contribution < 1.29 is 27.8 Å². The Morgan fingerprint density at radius 3 is 2.71 bits per heavy atom. The summed E-state index contributed by atoms with van der Waals surface area (Å²) in [5, 5.41) is 8.92. The molecule has 2 aromatic rings. The highest BCUT2D eigenvalue weighted by Gasteiger charge is 2.31. The molecule has 1 atom stereocenters. The van der Waals surface area contributed by atoms with Gasteiger partial charge in [-0.15, -0.1) is 0 Å². The number of fused-ring (bicyclic) bond motifs is 1. The molecule has 0 bridgehead atoms. The van der Waals surface area contributed by atoms with E-state index in [0.29, 0.717) is 16.2 Å². The SMILES string of the molecule is CC(C)c1cc(SNC2CCCCc3c(OCC(=O)O)cccc32)cc(C(F)(F)F)c1. The van der Waals surface area contributed by atoms with E-state index in [0.717, 1.165) is 36.8 Å². The Hall–Kier alpha value is -2.19. The van der Waals surface area contributed by atoms with Gasteiger partial charge in [0.15, 0.2) is 6.61 Å². The van der Waals surface area contributed by atoms with Crippen LogP contribution in [0.5, 0.6) is 5.75 Å². The Kier molecular flexibility index (Phi) is 7.54. The summed E-state index contributed by atoms with van der Waals surface area (Å²) >= 11 is 1.20. The van der Waals surface area contributed by atoms with Crippen LogP contribution < -0.4 is 9.46 Å². The average Bonchev–Trinajstić information content (AvgIpc) is 2.92. The summed E-state index contributed by atoms with van der Waals surface area (Å²) in [6.45, 7) is 3.33. The van der Waals surface area contributed by atoms with Crippen LogP contribution in [0.4, 0.5) is 13.2 Å². The standard InChI is InChI=1S/C23H26F3NO3S/c1-14(2)15-10-16(23(24,25)26)12-17(11-15)31-27-20-8-4-3-6-19-18(20)7-5-9-21(19)30-13-22(28)29/h5,7,9-12,14,20,27H,3-4,6,8,13H2,1-2H3,(H,28,29). The smallest absolute Gasteiger partial charge is 0.416 e. The molecular weight excluding hydrogens is 427 g/mol. The average molecular weight is 454 g/mol. The van der Waals surface area contributed by atoms with Crippen LogP contribution in [0.15, 0.2) is 41.3 Å². The molecular formula is C23H26F3NO3S. The predicted octanol–water partition coefficient (Wildman–Crippen LogP) is 6.36. The second-order valence-electron chi connectivity index (χ2n) is 7.97. The van der Waals surface area contributed by atoms with Crippen LogP contribution in [-0.4, -0.2) is 17.7 Å². The third-order valence-corrected chi connectivity index (χ3v) is 6.18. The third-order valence-electron chi connectivity index (χ3n) is 5.31. The molecule has 0 fully saturated rings. The fraction of sp³-hybridized carbons (Fsp3) is 0.435. The van der Waals surface area contributed by atoms with Crippen LogP contribution >= 0.6 is 11.9 Å².